The smallest absolute Gasteiger partial charge is 0.129 e. The summed E-state index contributed by atoms with van der Waals surface area (Å²) in [5.74, 6) is 1.80. The van der Waals surface area contributed by atoms with Crippen LogP contribution in [0, 0.1) is 6.92 Å². The zero-order valence-corrected chi connectivity index (χ0v) is 12.3. The largest absolute Gasteiger partial charge is 0.497 e. The van der Waals surface area contributed by atoms with Crippen molar-refractivity contribution in [3.8, 4) is 5.75 Å². The van der Waals surface area contributed by atoms with Gasteiger partial charge in [-0.05, 0) is 42.3 Å². The molecule has 0 aliphatic heterocycles. The van der Waals surface area contributed by atoms with Crippen molar-refractivity contribution in [1.29, 1.82) is 0 Å². The molecule has 3 nitrogen and oxygen atoms in total. The minimum atomic E-state index is 0.726. The zero-order valence-electron chi connectivity index (χ0n) is 12.3. The average molecular weight is 278 g/mol. The first-order chi connectivity index (χ1) is 10.3. The van der Waals surface area contributed by atoms with Gasteiger partial charge in [0.2, 0.25) is 0 Å². The van der Waals surface area contributed by atoms with E-state index in [2.05, 4.69) is 30.4 Å². The lowest BCUT2D eigenvalue weighted by molar-refractivity contribution is 0.414. The Morgan fingerprint density at radius 1 is 1.05 bits per heavy atom. The van der Waals surface area contributed by atoms with Gasteiger partial charge in [-0.1, -0.05) is 30.3 Å². The highest BCUT2D eigenvalue weighted by Gasteiger charge is 2.03. The van der Waals surface area contributed by atoms with Gasteiger partial charge >= 0.3 is 0 Å². The minimum absolute atomic E-state index is 0.726. The second kappa shape index (κ2) is 5.83. The van der Waals surface area contributed by atoms with Crippen molar-refractivity contribution in [3.05, 3.63) is 65.7 Å². The molecule has 0 bridgehead atoms. The van der Waals surface area contributed by atoms with Crippen LogP contribution in [0.3, 0.4) is 0 Å². The summed E-state index contributed by atoms with van der Waals surface area (Å²) in [6, 6.07) is 18.4. The van der Waals surface area contributed by atoms with Gasteiger partial charge in [0.15, 0.2) is 0 Å². The van der Waals surface area contributed by atoms with E-state index in [0.717, 1.165) is 29.2 Å². The van der Waals surface area contributed by atoms with Gasteiger partial charge in [-0.25, -0.2) is 4.98 Å². The van der Waals surface area contributed by atoms with Crippen LogP contribution in [0.4, 0.5) is 5.82 Å². The molecule has 106 valence electrons. The Hall–Kier alpha value is -2.55. The fourth-order valence-electron chi connectivity index (χ4n) is 2.37. The Labute approximate surface area is 124 Å². The van der Waals surface area contributed by atoms with Crippen molar-refractivity contribution in [2.24, 2.45) is 0 Å². The van der Waals surface area contributed by atoms with Crippen LogP contribution in [0.2, 0.25) is 0 Å². The minimum Gasteiger partial charge on any atom is -0.497 e. The second-order valence-electron chi connectivity index (χ2n) is 5.05. The molecule has 0 amide bonds. The first-order valence-corrected chi connectivity index (χ1v) is 6.99. The van der Waals surface area contributed by atoms with Crippen LogP contribution in [0.25, 0.3) is 10.9 Å². The number of aromatic nitrogens is 1. The summed E-state index contributed by atoms with van der Waals surface area (Å²) >= 11 is 0. The van der Waals surface area contributed by atoms with E-state index in [1.54, 1.807) is 7.11 Å². The third-order valence-corrected chi connectivity index (χ3v) is 3.51. The monoisotopic (exact) mass is 278 g/mol. The lowest BCUT2D eigenvalue weighted by Gasteiger charge is -2.11. The van der Waals surface area contributed by atoms with Crippen LogP contribution in [-0.2, 0) is 6.54 Å². The standard InChI is InChI=1S/C18H18N2O/c1-13-10-15-7-3-4-9-17(15)20-18(13)19-12-14-6-5-8-16(11-14)21-2/h3-11H,12H2,1-2H3,(H,19,20). The molecule has 3 rings (SSSR count). The van der Waals surface area contributed by atoms with Crippen LogP contribution >= 0.6 is 0 Å². The van der Waals surface area contributed by atoms with Gasteiger partial charge in [0, 0.05) is 11.9 Å². The van der Waals surface area contributed by atoms with Crippen molar-refractivity contribution in [2.45, 2.75) is 13.5 Å². The van der Waals surface area contributed by atoms with Crippen LogP contribution in [-0.4, -0.2) is 12.1 Å². The molecule has 21 heavy (non-hydrogen) atoms. The Kier molecular flexibility index (Phi) is 3.73. The lowest BCUT2D eigenvalue weighted by Crippen LogP contribution is -2.03. The van der Waals surface area contributed by atoms with Crippen molar-refractivity contribution in [3.63, 3.8) is 0 Å². The van der Waals surface area contributed by atoms with Gasteiger partial charge < -0.3 is 10.1 Å². The number of rotatable bonds is 4. The molecule has 0 aliphatic carbocycles. The Morgan fingerprint density at radius 3 is 2.76 bits per heavy atom. The van der Waals surface area contributed by atoms with Gasteiger partial charge in [0.1, 0.15) is 11.6 Å². The number of benzene rings is 2. The number of nitrogens with zero attached hydrogens (tertiary/aromatic N) is 1. The van der Waals surface area contributed by atoms with Crippen LogP contribution in [0.15, 0.2) is 54.6 Å². The third-order valence-electron chi connectivity index (χ3n) is 3.51. The topological polar surface area (TPSA) is 34.1 Å². The molecule has 0 atom stereocenters. The molecule has 0 aliphatic rings. The van der Waals surface area contributed by atoms with Gasteiger partial charge in [0.05, 0.1) is 12.6 Å². The van der Waals surface area contributed by atoms with E-state index >= 15 is 0 Å². The highest BCUT2D eigenvalue weighted by Crippen LogP contribution is 2.20. The quantitative estimate of drug-likeness (QED) is 0.778. The molecule has 2 aromatic carbocycles. The molecule has 1 N–H and O–H groups in total. The van der Waals surface area contributed by atoms with Crippen LogP contribution < -0.4 is 10.1 Å². The number of fused-ring (bicyclic) bond motifs is 1. The summed E-state index contributed by atoms with van der Waals surface area (Å²) in [6.07, 6.45) is 0. The molecule has 3 aromatic rings. The van der Waals surface area contributed by atoms with Crippen LogP contribution in [0.5, 0.6) is 5.75 Å². The van der Waals surface area contributed by atoms with E-state index < -0.39 is 0 Å². The fourth-order valence-corrected chi connectivity index (χ4v) is 2.37. The predicted molar refractivity (Wildman–Crippen MR) is 86.8 cm³/mol. The highest BCUT2D eigenvalue weighted by molar-refractivity contribution is 5.81. The van der Waals surface area contributed by atoms with Crippen molar-refractivity contribution < 1.29 is 4.74 Å². The van der Waals surface area contributed by atoms with Crippen molar-refractivity contribution in [2.75, 3.05) is 12.4 Å². The zero-order chi connectivity index (χ0) is 14.7. The van der Waals surface area contributed by atoms with E-state index in [1.807, 2.05) is 36.4 Å². The molecular formula is C18H18N2O. The van der Waals surface area contributed by atoms with Gasteiger partial charge in [-0.3, -0.25) is 0 Å². The van der Waals surface area contributed by atoms with Gasteiger partial charge in [0.25, 0.3) is 0 Å². The molecule has 1 heterocycles. The number of hydrogen-bond donors (Lipinski definition) is 1. The number of nitrogens with one attached hydrogen (secondary N) is 1. The fraction of sp³-hybridized carbons (Fsp3) is 0.167. The van der Waals surface area contributed by atoms with E-state index in [4.69, 9.17) is 9.72 Å². The van der Waals surface area contributed by atoms with E-state index in [9.17, 15) is 0 Å². The first-order valence-electron chi connectivity index (χ1n) is 6.99. The highest BCUT2D eigenvalue weighted by atomic mass is 16.5. The number of ether oxygens (including phenoxy) is 1. The molecule has 0 spiro atoms. The normalized spacial score (nSPS) is 10.6. The Balaban J connectivity index is 1.82. The molecule has 0 saturated heterocycles. The maximum absolute atomic E-state index is 5.24. The lowest BCUT2D eigenvalue weighted by atomic mass is 10.1. The predicted octanol–water partition coefficient (Wildman–Crippen LogP) is 4.16. The Morgan fingerprint density at radius 2 is 1.90 bits per heavy atom. The van der Waals surface area contributed by atoms with Crippen molar-refractivity contribution in [1.82, 2.24) is 4.98 Å². The number of hydrogen-bond acceptors (Lipinski definition) is 3. The summed E-state index contributed by atoms with van der Waals surface area (Å²) in [6.45, 7) is 2.80. The molecule has 3 heteroatoms. The third kappa shape index (κ3) is 2.97. The number of para-hydroxylation sites is 1. The molecule has 0 radical (unpaired) electrons. The van der Waals surface area contributed by atoms with Crippen molar-refractivity contribution >= 4 is 16.7 Å². The second-order valence-corrected chi connectivity index (χ2v) is 5.05. The van der Waals surface area contributed by atoms with Crippen LogP contribution in [0.1, 0.15) is 11.1 Å². The molecule has 0 saturated carbocycles. The summed E-state index contributed by atoms with van der Waals surface area (Å²) < 4.78 is 5.24. The maximum atomic E-state index is 5.24. The summed E-state index contributed by atoms with van der Waals surface area (Å²) in [4.78, 5) is 4.69. The molecule has 1 aromatic heterocycles. The Bertz CT molecular complexity index is 768. The summed E-state index contributed by atoms with van der Waals surface area (Å²) in [5.41, 5.74) is 3.33. The number of pyridine rings is 1. The average Bonchev–Trinajstić information content (AvgIpc) is 2.53. The number of aryl methyl sites for hydroxylation is 1. The maximum Gasteiger partial charge on any atom is 0.129 e. The summed E-state index contributed by atoms with van der Waals surface area (Å²) in [5, 5.41) is 4.57. The SMILES string of the molecule is COc1cccc(CNc2nc3ccccc3cc2C)c1. The van der Waals surface area contributed by atoms with E-state index in [0.29, 0.717) is 0 Å². The number of anilines is 1. The van der Waals surface area contributed by atoms with E-state index in [1.165, 1.54) is 10.9 Å². The number of methoxy groups -OCH3 is 1. The molecule has 0 unspecified atom stereocenters. The first kappa shape index (κ1) is 13.4. The molecule has 0 fully saturated rings. The van der Waals surface area contributed by atoms with Gasteiger partial charge in [-0.15, -0.1) is 0 Å². The summed E-state index contributed by atoms with van der Waals surface area (Å²) in [7, 11) is 1.68. The van der Waals surface area contributed by atoms with Gasteiger partial charge in [-0.2, -0.15) is 0 Å². The molecular weight excluding hydrogens is 260 g/mol. The van der Waals surface area contributed by atoms with E-state index in [-0.39, 0.29) is 0 Å².